The van der Waals surface area contributed by atoms with Crippen LogP contribution in [0, 0.1) is 5.92 Å². The van der Waals surface area contributed by atoms with Crippen LogP contribution in [0.5, 0.6) is 0 Å². The fourth-order valence-electron chi connectivity index (χ4n) is 3.64. The van der Waals surface area contributed by atoms with Gasteiger partial charge in [-0.1, -0.05) is 42.0 Å². The summed E-state index contributed by atoms with van der Waals surface area (Å²) in [4.78, 5) is 14.8. The van der Waals surface area contributed by atoms with Crippen LogP contribution in [0.1, 0.15) is 30.5 Å². The summed E-state index contributed by atoms with van der Waals surface area (Å²) in [6, 6.07) is 7.73. The standard InChI is InChI=1S/C19H20ClN3O/c20-16-9-5-4-8-14(16)18-15-12-23(11-10-17(15)21-22-18)19(24)13-6-2-1-3-7-13/h1-2,4-5,8-9,13H,3,6-7,10-12H2,(H,21,22). The second-order valence-electron chi connectivity index (χ2n) is 6.50. The zero-order valence-electron chi connectivity index (χ0n) is 13.5. The molecule has 2 heterocycles. The van der Waals surface area contributed by atoms with E-state index in [1.54, 1.807) is 0 Å². The third-order valence-corrected chi connectivity index (χ3v) is 5.32. The molecule has 2 aromatic rings. The van der Waals surface area contributed by atoms with Crippen molar-refractivity contribution in [3.05, 3.63) is 52.7 Å². The number of hydrogen-bond donors (Lipinski definition) is 1. The number of carbonyl (C=O) groups excluding carboxylic acids is 1. The minimum atomic E-state index is 0.132. The van der Waals surface area contributed by atoms with Gasteiger partial charge < -0.3 is 4.90 Å². The van der Waals surface area contributed by atoms with Crippen molar-refractivity contribution in [3.8, 4) is 11.3 Å². The second-order valence-corrected chi connectivity index (χ2v) is 6.91. The number of rotatable bonds is 2. The largest absolute Gasteiger partial charge is 0.338 e. The van der Waals surface area contributed by atoms with Gasteiger partial charge >= 0.3 is 0 Å². The third-order valence-electron chi connectivity index (χ3n) is 4.99. The first kappa shape index (κ1) is 15.5. The van der Waals surface area contributed by atoms with Crippen molar-refractivity contribution in [2.45, 2.75) is 32.2 Å². The Bertz CT molecular complexity index is 796. The van der Waals surface area contributed by atoms with E-state index >= 15 is 0 Å². The summed E-state index contributed by atoms with van der Waals surface area (Å²) < 4.78 is 0. The number of fused-ring (bicyclic) bond motifs is 1. The maximum absolute atomic E-state index is 12.8. The van der Waals surface area contributed by atoms with Crippen molar-refractivity contribution >= 4 is 17.5 Å². The van der Waals surface area contributed by atoms with E-state index in [0.29, 0.717) is 11.6 Å². The lowest BCUT2D eigenvalue weighted by atomic mass is 9.92. The van der Waals surface area contributed by atoms with E-state index < -0.39 is 0 Å². The fraction of sp³-hybridized carbons (Fsp3) is 0.368. The number of benzene rings is 1. The summed E-state index contributed by atoms with van der Waals surface area (Å²) >= 11 is 6.34. The molecule has 5 heteroatoms. The number of aromatic amines is 1. The van der Waals surface area contributed by atoms with Gasteiger partial charge in [0.1, 0.15) is 0 Å². The summed E-state index contributed by atoms with van der Waals surface area (Å²) in [6.45, 7) is 1.38. The van der Waals surface area contributed by atoms with E-state index in [-0.39, 0.29) is 11.8 Å². The Labute approximate surface area is 146 Å². The zero-order chi connectivity index (χ0) is 16.5. The number of carbonyl (C=O) groups is 1. The number of amides is 1. The van der Waals surface area contributed by atoms with Gasteiger partial charge in [-0.15, -0.1) is 0 Å². The molecule has 0 spiro atoms. The molecule has 1 aromatic heterocycles. The molecule has 0 radical (unpaired) electrons. The summed E-state index contributed by atoms with van der Waals surface area (Å²) in [5, 5.41) is 8.30. The fourth-order valence-corrected chi connectivity index (χ4v) is 3.86. The normalized spacial score (nSPS) is 20.0. The van der Waals surface area contributed by atoms with Gasteiger partial charge in [-0.25, -0.2) is 0 Å². The molecule has 1 aliphatic carbocycles. The van der Waals surface area contributed by atoms with Gasteiger partial charge in [0.25, 0.3) is 0 Å². The van der Waals surface area contributed by atoms with Gasteiger partial charge in [0.05, 0.1) is 10.7 Å². The highest BCUT2D eigenvalue weighted by atomic mass is 35.5. The number of H-pyrrole nitrogens is 1. The smallest absolute Gasteiger partial charge is 0.226 e. The maximum atomic E-state index is 12.8. The van der Waals surface area contributed by atoms with Crippen molar-refractivity contribution < 1.29 is 4.79 Å². The number of aromatic nitrogens is 2. The molecule has 1 unspecified atom stereocenters. The molecule has 1 aromatic carbocycles. The first-order chi connectivity index (χ1) is 11.7. The molecule has 0 saturated carbocycles. The summed E-state index contributed by atoms with van der Waals surface area (Å²) in [7, 11) is 0. The highest BCUT2D eigenvalue weighted by Crippen LogP contribution is 2.33. The van der Waals surface area contributed by atoms with Crippen LogP contribution in [-0.4, -0.2) is 27.5 Å². The average molecular weight is 342 g/mol. The molecule has 2 aliphatic rings. The van der Waals surface area contributed by atoms with Gasteiger partial charge in [-0.05, 0) is 25.3 Å². The lowest BCUT2D eigenvalue weighted by Crippen LogP contribution is -2.40. The number of nitrogens with zero attached hydrogens (tertiary/aromatic N) is 2. The molecule has 0 bridgehead atoms. The van der Waals surface area contributed by atoms with Crippen LogP contribution in [0.4, 0.5) is 0 Å². The van der Waals surface area contributed by atoms with Gasteiger partial charge in [-0.2, -0.15) is 5.10 Å². The number of nitrogens with one attached hydrogen (secondary N) is 1. The summed E-state index contributed by atoms with van der Waals surface area (Å²) in [5.74, 6) is 0.406. The first-order valence-electron chi connectivity index (χ1n) is 8.49. The number of allylic oxidation sites excluding steroid dienone is 2. The quantitative estimate of drug-likeness (QED) is 0.840. The predicted octanol–water partition coefficient (Wildman–Crippen LogP) is 3.97. The molecule has 24 heavy (non-hydrogen) atoms. The Kier molecular flexibility index (Phi) is 4.15. The first-order valence-corrected chi connectivity index (χ1v) is 8.86. The molecule has 0 saturated heterocycles. The lowest BCUT2D eigenvalue weighted by Gasteiger charge is -2.31. The molecule has 4 rings (SSSR count). The van der Waals surface area contributed by atoms with Gasteiger partial charge in [0.2, 0.25) is 5.91 Å². The monoisotopic (exact) mass is 341 g/mol. The third kappa shape index (κ3) is 2.75. The van der Waals surface area contributed by atoms with Crippen LogP contribution >= 0.6 is 11.6 Å². The summed E-state index contributed by atoms with van der Waals surface area (Å²) in [5.41, 5.74) is 4.02. The van der Waals surface area contributed by atoms with Crippen LogP contribution in [0.25, 0.3) is 11.3 Å². The van der Waals surface area contributed by atoms with Gasteiger partial charge in [0, 0.05) is 42.2 Å². The lowest BCUT2D eigenvalue weighted by molar-refractivity contribution is -0.136. The minimum Gasteiger partial charge on any atom is -0.338 e. The van der Waals surface area contributed by atoms with Crippen LogP contribution in [0.2, 0.25) is 5.02 Å². The Balaban J connectivity index is 1.61. The Morgan fingerprint density at radius 1 is 1.29 bits per heavy atom. The molecule has 0 fully saturated rings. The second kappa shape index (κ2) is 6.44. The van der Waals surface area contributed by atoms with Crippen LogP contribution < -0.4 is 0 Å². The van der Waals surface area contributed by atoms with Crippen molar-refractivity contribution in [1.29, 1.82) is 0 Å². The average Bonchev–Trinajstić information content (AvgIpc) is 3.05. The number of hydrogen-bond acceptors (Lipinski definition) is 2. The Morgan fingerprint density at radius 3 is 2.96 bits per heavy atom. The van der Waals surface area contributed by atoms with Gasteiger partial charge in [0.15, 0.2) is 0 Å². The molecule has 1 aliphatic heterocycles. The van der Waals surface area contributed by atoms with Crippen LogP contribution in [0.3, 0.4) is 0 Å². The van der Waals surface area contributed by atoms with E-state index in [4.69, 9.17) is 11.6 Å². The Morgan fingerprint density at radius 2 is 2.17 bits per heavy atom. The van der Waals surface area contributed by atoms with Crippen molar-refractivity contribution in [3.63, 3.8) is 0 Å². The SMILES string of the molecule is O=C(C1CC=CCC1)N1CCc2[nH]nc(-c3ccccc3Cl)c2C1. The highest BCUT2D eigenvalue weighted by Gasteiger charge is 2.30. The van der Waals surface area contributed by atoms with Crippen molar-refractivity contribution in [2.75, 3.05) is 6.54 Å². The Hall–Kier alpha value is -2.07. The maximum Gasteiger partial charge on any atom is 0.226 e. The van der Waals surface area contributed by atoms with E-state index in [1.807, 2.05) is 29.2 Å². The molecule has 4 nitrogen and oxygen atoms in total. The van der Waals surface area contributed by atoms with Gasteiger partial charge in [-0.3, -0.25) is 9.89 Å². The molecule has 1 atom stereocenters. The topological polar surface area (TPSA) is 49.0 Å². The zero-order valence-corrected chi connectivity index (χ0v) is 14.2. The van der Waals surface area contributed by atoms with E-state index in [1.165, 1.54) is 0 Å². The van der Waals surface area contributed by atoms with Crippen molar-refractivity contribution in [2.24, 2.45) is 5.92 Å². The minimum absolute atomic E-state index is 0.132. The molecule has 1 N–H and O–H groups in total. The van der Waals surface area contributed by atoms with E-state index in [9.17, 15) is 4.79 Å². The molecular formula is C19H20ClN3O. The van der Waals surface area contributed by atoms with Crippen LogP contribution in [0.15, 0.2) is 36.4 Å². The van der Waals surface area contributed by atoms with Crippen LogP contribution in [-0.2, 0) is 17.8 Å². The van der Waals surface area contributed by atoms with E-state index in [2.05, 4.69) is 22.3 Å². The molecule has 124 valence electrons. The predicted molar refractivity (Wildman–Crippen MR) is 94.6 cm³/mol. The molecular weight excluding hydrogens is 322 g/mol. The molecule has 1 amide bonds. The summed E-state index contributed by atoms with van der Waals surface area (Å²) in [6.07, 6.45) is 7.96. The number of halogens is 1. The van der Waals surface area contributed by atoms with Crippen molar-refractivity contribution in [1.82, 2.24) is 15.1 Å². The van der Waals surface area contributed by atoms with E-state index in [0.717, 1.165) is 54.7 Å². The highest BCUT2D eigenvalue weighted by molar-refractivity contribution is 6.33.